The van der Waals surface area contributed by atoms with Crippen LogP contribution in [0.15, 0.2) is 28.7 Å². The Hall–Kier alpha value is -0.270. The molecule has 0 aliphatic rings. The number of carbonyl (C=O) groups is 1. The zero-order chi connectivity index (χ0) is 18.9. The van der Waals surface area contributed by atoms with E-state index in [1.54, 1.807) is 0 Å². The van der Waals surface area contributed by atoms with Crippen LogP contribution in [0.25, 0.3) is 0 Å². The average molecular weight is 490 g/mol. The number of benzene rings is 1. The fourth-order valence-electron chi connectivity index (χ4n) is 1.98. The molecule has 9 heteroatoms. The lowest BCUT2D eigenvalue weighted by Crippen LogP contribution is -2.56. The second kappa shape index (κ2) is 11.4. The molecule has 1 amide bonds. The van der Waals surface area contributed by atoms with Gasteiger partial charge in [0.1, 0.15) is 6.17 Å². The maximum Gasteiger partial charge on any atom is 0.228 e. The smallest absolute Gasteiger partial charge is 0.228 e. The summed E-state index contributed by atoms with van der Waals surface area (Å²) < 4.78 is -0.795. The van der Waals surface area contributed by atoms with Crippen LogP contribution in [-0.2, 0) is 4.79 Å². The molecule has 0 unspecified atom stereocenters. The van der Waals surface area contributed by atoms with Gasteiger partial charge in [0.2, 0.25) is 9.70 Å². The van der Waals surface area contributed by atoms with Gasteiger partial charge in [-0.1, -0.05) is 76.9 Å². The van der Waals surface area contributed by atoms with Gasteiger partial charge in [-0.2, -0.15) is 0 Å². The van der Waals surface area contributed by atoms with E-state index in [-0.39, 0.29) is 11.0 Å². The summed E-state index contributed by atoms with van der Waals surface area (Å²) in [7, 11) is 0. The van der Waals surface area contributed by atoms with E-state index < -0.39 is 9.96 Å². The number of carbonyl (C=O) groups excluding carboxylic acids is 1. The summed E-state index contributed by atoms with van der Waals surface area (Å²) in [6.07, 6.45) is 3.45. The van der Waals surface area contributed by atoms with Crippen LogP contribution in [0.1, 0.15) is 39.0 Å². The largest absolute Gasteiger partial charge is 0.339 e. The lowest BCUT2D eigenvalue weighted by Gasteiger charge is -2.27. The quantitative estimate of drug-likeness (QED) is 0.195. The fraction of sp³-hybridized carbons (Fsp3) is 0.500. The minimum atomic E-state index is -1.75. The molecule has 1 rings (SSSR count). The highest BCUT2D eigenvalue weighted by atomic mass is 79.9. The van der Waals surface area contributed by atoms with Crippen molar-refractivity contribution >= 4 is 79.7 Å². The van der Waals surface area contributed by atoms with Crippen LogP contribution in [0, 0.1) is 0 Å². The van der Waals surface area contributed by atoms with Crippen molar-refractivity contribution in [1.82, 2.24) is 10.6 Å². The van der Waals surface area contributed by atoms with E-state index in [9.17, 15) is 4.79 Å². The molecule has 0 fully saturated rings. The zero-order valence-corrected chi connectivity index (χ0v) is 18.4. The summed E-state index contributed by atoms with van der Waals surface area (Å²) in [5, 5.41) is 8.73. The Morgan fingerprint density at radius 2 is 1.80 bits per heavy atom. The molecule has 0 aliphatic heterocycles. The monoisotopic (exact) mass is 487 g/mol. The van der Waals surface area contributed by atoms with Gasteiger partial charge in [0.25, 0.3) is 0 Å². The van der Waals surface area contributed by atoms with Gasteiger partial charge in [-0.15, -0.1) is 0 Å². The first-order valence-electron chi connectivity index (χ1n) is 7.91. The third kappa shape index (κ3) is 9.85. The third-order valence-corrected chi connectivity index (χ3v) is 4.67. The molecule has 0 saturated carbocycles. The van der Waals surface area contributed by atoms with Crippen molar-refractivity contribution in [3.63, 3.8) is 0 Å². The Labute approximate surface area is 177 Å². The summed E-state index contributed by atoms with van der Waals surface area (Å²) in [6, 6.07) is 7.42. The number of halogens is 4. The highest BCUT2D eigenvalue weighted by Gasteiger charge is 2.34. The van der Waals surface area contributed by atoms with Crippen LogP contribution in [-0.4, -0.2) is 21.0 Å². The SMILES string of the molecule is CCCCCCC(=O)N[C@H](NC(=S)Nc1ccc(Br)cc1)C(Cl)(Cl)Cl. The highest BCUT2D eigenvalue weighted by molar-refractivity contribution is 9.10. The Morgan fingerprint density at radius 3 is 2.36 bits per heavy atom. The minimum Gasteiger partial charge on any atom is -0.339 e. The van der Waals surface area contributed by atoms with Crippen molar-refractivity contribution in [2.45, 2.75) is 49.0 Å². The second-order valence-electron chi connectivity index (χ2n) is 5.46. The first-order valence-corrected chi connectivity index (χ1v) is 10.2. The summed E-state index contributed by atoms with van der Waals surface area (Å²) in [4.78, 5) is 12.0. The molecular weight excluding hydrogens is 469 g/mol. The van der Waals surface area contributed by atoms with Gasteiger partial charge in [0.15, 0.2) is 5.11 Å². The second-order valence-corrected chi connectivity index (χ2v) is 9.15. The van der Waals surface area contributed by atoms with Crippen LogP contribution in [0.5, 0.6) is 0 Å². The molecule has 0 radical (unpaired) electrons. The van der Waals surface area contributed by atoms with E-state index in [0.29, 0.717) is 6.42 Å². The van der Waals surface area contributed by atoms with Crippen LogP contribution >= 0.6 is 63.0 Å². The molecule has 0 saturated heterocycles. The van der Waals surface area contributed by atoms with E-state index in [2.05, 4.69) is 38.8 Å². The Kier molecular flexibility index (Phi) is 10.4. The summed E-state index contributed by atoms with van der Waals surface area (Å²) in [5.74, 6) is -0.189. The number of anilines is 1. The Balaban J connectivity index is 2.56. The fourth-order valence-corrected chi connectivity index (χ4v) is 2.80. The number of thiocarbonyl (C=S) groups is 1. The predicted molar refractivity (Wildman–Crippen MR) is 114 cm³/mol. The minimum absolute atomic E-state index is 0.189. The molecular formula is C16H21BrCl3N3OS. The van der Waals surface area contributed by atoms with E-state index >= 15 is 0 Å². The van der Waals surface area contributed by atoms with Crippen LogP contribution < -0.4 is 16.0 Å². The van der Waals surface area contributed by atoms with Crippen molar-refractivity contribution in [2.24, 2.45) is 0 Å². The maximum atomic E-state index is 12.0. The van der Waals surface area contributed by atoms with Gasteiger partial charge in [-0.3, -0.25) is 4.79 Å². The van der Waals surface area contributed by atoms with Crippen molar-refractivity contribution in [1.29, 1.82) is 0 Å². The summed E-state index contributed by atoms with van der Waals surface area (Å²) >= 11 is 26.5. The number of rotatable bonds is 8. The summed E-state index contributed by atoms with van der Waals surface area (Å²) in [5.41, 5.74) is 0.773. The van der Waals surface area contributed by atoms with Crippen molar-refractivity contribution in [3.8, 4) is 0 Å². The van der Waals surface area contributed by atoms with E-state index in [1.807, 2.05) is 24.3 Å². The van der Waals surface area contributed by atoms with Gasteiger partial charge in [-0.05, 0) is 42.9 Å². The molecule has 0 spiro atoms. The topological polar surface area (TPSA) is 53.2 Å². The van der Waals surface area contributed by atoms with Gasteiger partial charge in [0.05, 0.1) is 0 Å². The molecule has 1 atom stereocenters. The molecule has 0 heterocycles. The maximum absolute atomic E-state index is 12.0. The molecule has 25 heavy (non-hydrogen) atoms. The van der Waals surface area contributed by atoms with Gasteiger partial charge in [-0.25, -0.2) is 0 Å². The molecule has 3 N–H and O–H groups in total. The molecule has 4 nitrogen and oxygen atoms in total. The van der Waals surface area contributed by atoms with Gasteiger partial charge >= 0.3 is 0 Å². The first kappa shape index (κ1) is 22.8. The summed E-state index contributed by atoms with van der Waals surface area (Å²) in [6.45, 7) is 2.11. The highest BCUT2D eigenvalue weighted by Crippen LogP contribution is 2.29. The molecule has 0 bridgehead atoms. The molecule has 0 aliphatic carbocycles. The number of alkyl halides is 3. The Morgan fingerprint density at radius 1 is 1.16 bits per heavy atom. The van der Waals surface area contributed by atoms with Crippen molar-refractivity contribution in [2.75, 3.05) is 5.32 Å². The third-order valence-electron chi connectivity index (χ3n) is 3.27. The van der Waals surface area contributed by atoms with Crippen molar-refractivity contribution < 1.29 is 4.79 Å². The molecule has 1 aromatic carbocycles. The molecule has 0 aromatic heterocycles. The number of amides is 1. The van der Waals surface area contributed by atoms with Gasteiger partial charge in [0, 0.05) is 16.6 Å². The normalized spacial score (nSPS) is 12.4. The van der Waals surface area contributed by atoms with Crippen LogP contribution in [0.2, 0.25) is 0 Å². The molecule has 140 valence electrons. The average Bonchev–Trinajstić information content (AvgIpc) is 2.52. The standard InChI is InChI=1S/C16H21BrCl3N3OS/c1-2-3-4-5-6-13(24)22-14(16(18,19)20)23-15(25)21-12-9-7-11(17)8-10-12/h7-10,14H,2-6H2,1H3,(H,22,24)(H2,21,23,25)/t14-/m1/s1. The van der Waals surface area contributed by atoms with E-state index in [1.165, 1.54) is 0 Å². The lowest BCUT2D eigenvalue weighted by atomic mass is 10.1. The zero-order valence-electron chi connectivity index (χ0n) is 13.8. The Bertz CT molecular complexity index is 567. The van der Waals surface area contributed by atoms with Crippen molar-refractivity contribution in [3.05, 3.63) is 28.7 Å². The lowest BCUT2D eigenvalue weighted by molar-refractivity contribution is -0.122. The number of nitrogens with one attached hydrogen (secondary N) is 3. The molecule has 1 aromatic rings. The van der Waals surface area contributed by atoms with Crippen LogP contribution in [0.3, 0.4) is 0 Å². The number of unbranched alkanes of at least 4 members (excludes halogenated alkanes) is 3. The predicted octanol–water partition coefficient (Wildman–Crippen LogP) is 5.52. The van der Waals surface area contributed by atoms with E-state index in [0.717, 1.165) is 35.8 Å². The first-order chi connectivity index (χ1) is 11.7. The number of hydrogen-bond acceptors (Lipinski definition) is 2. The van der Waals surface area contributed by atoms with Crippen LogP contribution in [0.4, 0.5) is 5.69 Å². The van der Waals surface area contributed by atoms with Gasteiger partial charge < -0.3 is 16.0 Å². The number of hydrogen-bond donors (Lipinski definition) is 3. The van der Waals surface area contributed by atoms with E-state index in [4.69, 9.17) is 47.0 Å².